The zero-order valence-electron chi connectivity index (χ0n) is 10.7. The zero-order valence-corrected chi connectivity index (χ0v) is 12.2. The molecular formula is C15H12Cl2FNO. The van der Waals surface area contributed by atoms with Gasteiger partial charge in [0.1, 0.15) is 5.82 Å². The lowest BCUT2D eigenvalue weighted by Gasteiger charge is -2.19. The van der Waals surface area contributed by atoms with E-state index in [2.05, 4.69) is 0 Å². The summed E-state index contributed by atoms with van der Waals surface area (Å²) < 4.78 is 13.6. The second kappa shape index (κ2) is 6.25. The summed E-state index contributed by atoms with van der Waals surface area (Å²) in [6.07, 6.45) is 0. The smallest absolute Gasteiger partial charge is 0.183 e. The molecule has 5 heteroatoms. The second-order valence-corrected chi connectivity index (χ2v) is 5.20. The molecule has 104 valence electrons. The van der Waals surface area contributed by atoms with E-state index in [1.165, 1.54) is 12.1 Å². The minimum Gasteiger partial charge on any atom is -0.365 e. The van der Waals surface area contributed by atoms with Crippen molar-refractivity contribution >= 4 is 34.7 Å². The number of likely N-dealkylation sites (N-methyl/N-ethyl adjacent to an activating group) is 1. The first-order valence-corrected chi connectivity index (χ1v) is 6.68. The van der Waals surface area contributed by atoms with Crippen LogP contribution in [0.4, 0.5) is 10.1 Å². The number of anilines is 1. The van der Waals surface area contributed by atoms with Crippen LogP contribution in [0.3, 0.4) is 0 Å². The van der Waals surface area contributed by atoms with Crippen molar-refractivity contribution in [3.8, 4) is 0 Å². The van der Waals surface area contributed by atoms with Crippen LogP contribution in [0.15, 0.2) is 42.5 Å². The van der Waals surface area contributed by atoms with Crippen LogP contribution in [0.25, 0.3) is 0 Å². The van der Waals surface area contributed by atoms with E-state index in [1.807, 2.05) is 0 Å². The largest absolute Gasteiger partial charge is 0.365 e. The Balaban J connectivity index is 2.17. The van der Waals surface area contributed by atoms with E-state index >= 15 is 0 Å². The summed E-state index contributed by atoms with van der Waals surface area (Å²) in [6.45, 7) is 0.0300. The maximum atomic E-state index is 13.6. The molecule has 0 aliphatic carbocycles. The molecule has 2 nitrogen and oxygen atoms in total. The maximum Gasteiger partial charge on any atom is 0.183 e. The number of carbonyl (C=O) groups excluding carboxylic acids is 1. The molecule has 0 fully saturated rings. The molecule has 0 saturated carbocycles. The molecule has 0 spiro atoms. The highest BCUT2D eigenvalue weighted by molar-refractivity contribution is 6.36. The fraction of sp³-hybridized carbons (Fsp3) is 0.133. The van der Waals surface area contributed by atoms with Crippen LogP contribution >= 0.6 is 23.2 Å². The molecule has 0 bridgehead atoms. The first-order chi connectivity index (χ1) is 9.49. The van der Waals surface area contributed by atoms with Gasteiger partial charge in [-0.15, -0.1) is 0 Å². The number of ketones is 1. The summed E-state index contributed by atoms with van der Waals surface area (Å²) in [4.78, 5) is 13.7. The van der Waals surface area contributed by atoms with Crippen LogP contribution < -0.4 is 4.90 Å². The van der Waals surface area contributed by atoms with Crippen LogP contribution in [0, 0.1) is 5.82 Å². The van der Waals surface area contributed by atoms with Crippen molar-refractivity contribution < 1.29 is 9.18 Å². The molecule has 0 radical (unpaired) electrons. The first kappa shape index (κ1) is 14.8. The van der Waals surface area contributed by atoms with E-state index in [4.69, 9.17) is 23.2 Å². The van der Waals surface area contributed by atoms with Crippen LogP contribution in [-0.2, 0) is 0 Å². The van der Waals surface area contributed by atoms with Gasteiger partial charge in [-0.1, -0.05) is 35.3 Å². The minimum absolute atomic E-state index is 0.0300. The second-order valence-electron chi connectivity index (χ2n) is 4.35. The fourth-order valence-electron chi connectivity index (χ4n) is 1.86. The Labute approximate surface area is 126 Å². The number of Topliss-reactive ketones (excluding diaryl/α,β-unsaturated/α-hetero) is 1. The van der Waals surface area contributed by atoms with Crippen LogP contribution in [0.1, 0.15) is 10.4 Å². The first-order valence-electron chi connectivity index (χ1n) is 5.93. The molecule has 0 unspecified atom stereocenters. The summed E-state index contributed by atoms with van der Waals surface area (Å²) in [5, 5.41) is 0.762. The van der Waals surface area contributed by atoms with E-state index in [0.717, 1.165) is 0 Å². The number of para-hydroxylation sites is 1. The molecule has 0 N–H and O–H groups in total. The number of rotatable bonds is 4. The Morgan fingerprint density at radius 1 is 1.20 bits per heavy atom. The number of carbonyl (C=O) groups is 1. The van der Waals surface area contributed by atoms with Gasteiger partial charge in [-0.25, -0.2) is 4.39 Å². The van der Waals surface area contributed by atoms with Crippen LogP contribution in [0.5, 0.6) is 0 Å². The molecule has 2 aromatic rings. The quantitative estimate of drug-likeness (QED) is 0.777. The van der Waals surface area contributed by atoms with Gasteiger partial charge in [-0.3, -0.25) is 4.79 Å². The van der Waals surface area contributed by atoms with E-state index in [0.29, 0.717) is 21.3 Å². The highest BCUT2D eigenvalue weighted by Gasteiger charge is 2.15. The van der Waals surface area contributed by atoms with E-state index in [9.17, 15) is 9.18 Å². The predicted molar refractivity (Wildman–Crippen MR) is 80.5 cm³/mol. The van der Waals surface area contributed by atoms with E-state index in [-0.39, 0.29) is 18.1 Å². The summed E-state index contributed by atoms with van der Waals surface area (Å²) in [7, 11) is 1.65. The average molecular weight is 312 g/mol. The molecule has 0 aliphatic heterocycles. The highest BCUT2D eigenvalue weighted by atomic mass is 35.5. The Hall–Kier alpha value is -1.58. The number of benzene rings is 2. The fourth-order valence-corrected chi connectivity index (χ4v) is 2.38. The molecule has 0 amide bonds. The number of nitrogens with zero attached hydrogens (tertiary/aromatic N) is 1. The minimum atomic E-state index is -0.370. The number of halogens is 3. The van der Waals surface area contributed by atoms with Gasteiger partial charge in [0.15, 0.2) is 5.78 Å². The van der Waals surface area contributed by atoms with Crippen molar-refractivity contribution in [2.24, 2.45) is 0 Å². The van der Waals surface area contributed by atoms with Crippen molar-refractivity contribution in [3.63, 3.8) is 0 Å². The van der Waals surface area contributed by atoms with Gasteiger partial charge in [-0.2, -0.15) is 0 Å². The molecule has 0 aromatic heterocycles. The molecular weight excluding hydrogens is 300 g/mol. The Morgan fingerprint density at radius 2 is 1.90 bits per heavy atom. The number of hydrogen-bond donors (Lipinski definition) is 0. The Kier molecular flexibility index (Phi) is 4.63. The molecule has 2 aromatic carbocycles. The highest BCUT2D eigenvalue weighted by Crippen LogP contribution is 2.23. The zero-order chi connectivity index (χ0) is 14.7. The topological polar surface area (TPSA) is 20.3 Å². The summed E-state index contributed by atoms with van der Waals surface area (Å²) in [6, 6.07) is 11.0. The van der Waals surface area contributed by atoms with Crippen LogP contribution in [-0.4, -0.2) is 19.4 Å². The molecule has 0 aliphatic rings. The third-order valence-electron chi connectivity index (χ3n) is 2.88. The van der Waals surface area contributed by atoms with E-state index < -0.39 is 0 Å². The maximum absolute atomic E-state index is 13.6. The standard InChI is InChI=1S/C15H12Cl2FNO/c1-19(14-5-3-2-4-13(14)18)9-15(20)11-7-6-10(16)8-12(11)17/h2-8H,9H2,1H3. The normalized spacial score (nSPS) is 10.4. The molecule has 20 heavy (non-hydrogen) atoms. The summed E-state index contributed by atoms with van der Waals surface area (Å²) in [5.41, 5.74) is 0.741. The van der Waals surface area contributed by atoms with Gasteiger partial charge in [0.05, 0.1) is 17.3 Å². The predicted octanol–water partition coefficient (Wildman–Crippen LogP) is 4.45. The lowest BCUT2D eigenvalue weighted by molar-refractivity contribution is 0.100. The van der Waals surface area contributed by atoms with Crippen LogP contribution in [0.2, 0.25) is 10.0 Å². The van der Waals surface area contributed by atoms with E-state index in [1.54, 1.807) is 42.3 Å². The van der Waals surface area contributed by atoms with Gasteiger partial charge in [-0.05, 0) is 30.3 Å². The van der Waals surface area contributed by atoms with Gasteiger partial charge < -0.3 is 4.90 Å². The van der Waals surface area contributed by atoms with Crippen molar-refractivity contribution in [3.05, 3.63) is 63.9 Å². The molecule has 2 rings (SSSR count). The molecule has 0 saturated heterocycles. The monoisotopic (exact) mass is 311 g/mol. The Morgan fingerprint density at radius 3 is 2.55 bits per heavy atom. The van der Waals surface area contributed by atoms with Gasteiger partial charge in [0.25, 0.3) is 0 Å². The average Bonchev–Trinajstić information content (AvgIpc) is 2.38. The Bertz CT molecular complexity index is 646. The van der Waals surface area contributed by atoms with Crippen molar-refractivity contribution in [1.29, 1.82) is 0 Å². The van der Waals surface area contributed by atoms with Crippen molar-refractivity contribution in [1.82, 2.24) is 0 Å². The van der Waals surface area contributed by atoms with Gasteiger partial charge in [0.2, 0.25) is 0 Å². The lowest BCUT2D eigenvalue weighted by Crippen LogP contribution is -2.26. The summed E-state index contributed by atoms with van der Waals surface area (Å²) in [5.74, 6) is -0.567. The van der Waals surface area contributed by atoms with Gasteiger partial charge in [0, 0.05) is 17.6 Å². The number of hydrogen-bond acceptors (Lipinski definition) is 2. The third kappa shape index (κ3) is 3.30. The van der Waals surface area contributed by atoms with Gasteiger partial charge >= 0.3 is 0 Å². The lowest BCUT2D eigenvalue weighted by atomic mass is 10.1. The molecule has 0 atom stereocenters. The van der Waals surface area contributed by atoms with Crippen molar-refractivity contribution in [2.75, 3.05) is 18.5 Å². The SMILES string of the molecule is CN(CC(=O)c1ccc(Cl)cc1Cl)c1ccccc1F. The summed E-state index contributed by atoms with van der Waals surface area (Å²) >= 11 is 11.8. The van der Waals surface area contributed by atoms with Crippen molar-refractivity contribution in [2.45, 2.75) is 0 Å². The third-order valence-corrected chi connectivity index (χ3v) is 3.42. The molecule has 0 heterocycles.